The van der Waals surface area contributed by atoms with Crippen LogP contribution in [0.1, 0.15) is 5.56 Å². The van der Waals surface area contributed by atoms with Crippen LogP contribution in [0.5, 0.6) is 11.5 Å². The number of hydrogen-bond donors (Lipinski definition) is 1. The van der Waals surface area contributed by atoms with Gasteiger partial charge in [-0.1, -0.05) is 36.9 Å². The first-order valence-corrected chi connectivity index (χ1v) is 6.43. The maximum absolute atomic E-state index is 5.25. The number of ether oxygens (including phenoxy) is 2. The molecule has 0 bridgehead atoms. The van der Waals surface area contributed by atoms with E-state index >= 15 is 0 Å². The molecule has 0 saturated carbocycles. The molecular formula is C17H19NO2. The molecule has 2 rings (SSSR count). The van der Waals surface area contributed by atoms with Crippen molar-refractivity contribution in [1.82, 2.24) is 0 Å². The summed E-state index contributed by atoms with van der Waals surface area (Å²) in [6.45, 7) is 4.77. The summed E-state index contributed by atoms with van der Waals surface area (Å²) in [5.41, 5.74) is 3.11. The van der Waals surface area contributed by atoms with Crippen molar-refractivity contribution >= 4 is 11.3 Å². The Morgan fingerprint density at radius 1 is 1.00 bits per heavy atom. The third kappa shape index (κ3) is 3.54. The summed E-state index contributed by atoms with van der Waals surface area (Å²) in [6.07, 6.45) is 0. The Morgan fingerprint density at radius 2 is 1.60 bits per heavy atom. The van der Waals surface area contributed by atoms with Crippen LogP contribution in [0.25, 0.3) is 5.57 Å². The molecule has 0 unspecified atom stereocenters. The normalized spacial score (nSPS) is 9.90. The number of nitrogens with one attached hydrogen (secondary N) is 1. The summed E-state index contributed by atoms with van der Waals surface area (Å²) in [6, 6.07) is 15.8. The summed E-state index contributed by atoms with van der Waals surface area (Å²) in [5.74, 6) is 1.52. The Bertz CT molecular complexity index is 557. The van der Waals surface area contributed by atoms with Gasteiger partial charge in [0, 0.05) is 30.4 Å². The molecule has 0 heterocycles. The summed E-state index contributed by atoms with van der Waals surface area (Å²) < 4.78 is 10.5. The molecule has 20 heavy (non-hydrogen) atoms. The zero-order valence-electron chi connectivity index (χ0n) is 11.8. The van der Waals surface area contributed by atoms with E-state index in [0.29, 0.717) is 6.54 Å². The molecule has 2 aromatic rings. The summed E-state index contributed by atoms with van der Waals surface area (Å²) >= 11 is 0. The van der Waals surface area contributed by atoms with Crippen LogP contribution in [0.2, 0.25) is 0 Å². The van der Waals surface area contributed by atoms with Crippen molar-refractivity contribution in [3.63, 3.8) is 0 Å². The van der Waals surface area contributed by atoms with Crippen molar-refractivity contribution < 1.29 is 9.47 Å². The molecule has 0 aliphatic carbocycles. The van der Waals surface area contributed by atoms with Gasteiger partial charge in [0.2, 0.25) is 0 Å². The van der Waals surface area contributed by atoms with E-state index in [2.05, 4.69) is 24.0 Å². The minimum atomic E-state index is 0.667. The largest absolute Gasteiger partial charge is 0.497 e. The van der Waals surface area contributed by atoms with Crippen LogP contribution in [-0.2, 0) is 0 Å². The number of hydrogen-bond acceptors (Lipinski definition) is 3. The lowest BCUT2D eigenvalue weighted by molar-refractivity contribution is 0.394. The topological polar surface area (TPSA) is 30.5 Å². The molecule has 104 valence electrons. The fourth-order valence-corrected chi connectivity index (χ4v) is 1.89. The molecular weight excluding hydrogens is 250 g/mol. The van der Waals surface area contributed by atoms with Gasteiger partial charge in [0.15, 0.2) is 0 Å². The smallest absolute Gasteiger partial charge is 0.124 e. The van der Waals surface area contributed by atoms with Gasteiger partial charge in [-0.3, -0.25) is 0 Å². The van der Waals surface area contributed by atoms with E-state index in [4.69, 9.17) is 9.47 Å². The Labute approximate surface area is 119 Å². The predicted octanol–water partition coefficient (Wildman–Crippen LogP) is 3.83. The van der Waals surface area contributed by atoms with Gasteiger partial charge in [-0.15, -0.1) is 0 Å². The molecule has 0 saturated heterocycles. The molecule has 0 spiro atoms. The highest BCUT2D eigenvalue weighted by Gasteiger charge is 2.03. The van der Waals surface area contributed by atoms with Crippen molar-refractivity contribution in [3.8, 4) is 11.5 Å². The van der Waals surface area contributed by atoms with Crippen LogP contribution >= 0.6 is 0 Å². The van der Waals surface area contributed by atoms with Gasteiger partial charge in [-0.05, 0) is 11.1 Å². The second-order valence-corrected chi connectivity index (χ2v) is 4.42. The second-order valence-electron chi connectivity index (χ2n) is 4.42. The van der Waals surface area contributed by atoms with E-state index in [-0.39, 0.29) is 0 Å². The summed E-state index contributed by atoms with van der Waals surface area (Å²) in [5, 5.41) is 3.33. The Hall–Kier alpha value is -2.42. The number of benzene rings is 2. The molecule has 0 aliphatic heterocycles. The van der Waals surface area contributed by atoms with E-state index in [9.17, 15) is 0 Å². The first-order chi connectivity index (χ1) is 9.72. The van der Waals surface area contributed by atoms with Crippen molar-refractivity contribution in [3.05, 3.63) is 60.7 Å². The highest BCUT2D eigenvalue weighted by molar-refractivity contribution is 5.68. The van der Waals surface area contributed by atoms with E-state index in [1.807, 2.05) is 36.4 Å². The van der Waals surface area contributed by atoms with E-state index < -0.39 is 0 Å². The monoisotopic (exact) mass is 269 g/mol. The predicted molar refractivity (Wildman–Crippen MR) is 83.5 cm³/mol. The Kier molecular flexibility index (Phi) is 4.66. The average molecular weight is 269 g/mol. The quantitative estimate of drug-likeness (QED) is 0.864. The van der Waals surface area contributed by atoms with Gasteiger partial charge in [-0.2, -0.15) is 0 Å². The fraction of sp³-hybridized carbons (Fsp3) is 0.176. The van der Waals surface area contributed by atoms with Gasteiger partial charge < -0.3 is 14.8 Å². The number of anilines is 1. The molecule has 0 aliphatic rings. The SMILES string of the molecule is C=C(CNc1cc(OC)cc(OC)c1)c1ccccc1. The molecule has 2 aromatic carbocycles. The fourth-order valence-electron chi connectivity index (χ4n) is 1.89. The van der Waals surface area contributed by atoms with Crippen molar-refractivity contribution in [2.75, 3.05) is 26.1 Å². The summed E-state index contributed by atoms with van der Waals surface area (Å²) in [4.78, 5) is 0. The highest BCUT2D eigenvalue weighted by Crippen LogP contribution is 2.26. The Balaban J connectivity index is 2.05. The molecule has 3 heteroatoms. The molecule has 0 aromatic heterocycles. The van der Waals surface area contributed by atoms with Crippen molar-refractivity contribution in [1.29, 1.82) is 0 Å². The minimum absolute atomic E-state index is 0.667. The van der Waals surface area contributed by atoms with Gasteiger partial charge in [-0.25, -0.2) is 0 Å². The molecule has 3 nitrogen and oxygen atoms in total. The van der Waals surface area contributed by atoms with E-state index in [0.717, 1.165) is 28.3 Å². The minimum Gasteiger partial charge on any atom is -0.497 e. The first kappa shape index (κ1) is 14.0. The lowest BCUT2D eigenvalue weighted by Crippen LogP contribution is -2.04. The van der Waals surface area contributed by atoms with Crippen LogP contribution in [-0.4, -0.2) is 20.8 Å². The van der Waals surface area contributed by atoms with Crippen LogP contribution < -0.4 is 14.8 Å². The average Bonchev–Trinajstić information content (AvgIpc) is 2.53. The lowest BCUT2D eigenvalue weighted by atomic mass is 10.1. The maximum Gasteiger partial charge on any atom is 0.124 e. The highest BCUT2D eigenvalue weighted by atomic mass is 16.5. The molecule has 0 amide bonds. The van der Waals surface area contributed by atoms with Crippen molar-refractivity contribution in [2.45, 2.75) is 0 Å². The number of rotatable bonds is 6. The zero-order valence-corrected chi connectivity index (χ0v) is 11.8. The second kappa shape index (κ2) is 6.66. The molecule has 1 N–H and O–H groups in total. The summed E-state index contributed by atoms with van der Waals surface area (Å²) in [7, 11) is 3.28. The molecule has 0 atom stereocenters. The van der Waals surface area contributed by atoms with Crippen LogP contribution in [0.15, 0.2) is 55.1 Å². The van der Waals surface area contributed by atoms with Crippen LogP contribution in [0, 0.1) is 0 Å². The Morgan fingerprint density at radius 3 is 2.15 bits per heavy atom. The molecule has 0 fully saturated rings. The van der Waals surface area contributed by atoms with Gasteiger partial charge in [0.25, 0.3) is 0 Å². The first-order valence-electron chi connectivity index (χ1n) is 6.43. The van der Waals surface area contributed by atoms with Crippen LogP contribution in [0.3, 0.4) is 0 Å². The number of methoxy groups -OCH3 is 2. The van der Waals surface area contributed by atoms with Gasteiger partial charge in [0.1, 0.15) is 11.5 Å². The third-order valence-corrected chi connectivity index (χ3v) is 3.04. The third-order valence-electron chi connectivity index (χ3n) is 3.04. The molecule has 0 radical (unpaired) electrons. The lowest BCUT2D eigenvalue weighted by Gasteiger charge is -2.12. The van der Waals surface area contributed by atoms with Gasteiger partial charge >= 0.3 is 0 Å². The maximum atomic E-state index is 5.25. The van der Waals surface area contributed by atoms with Gasteiger partial charge in [0.05, 0.1) is 14.2 Å². The van der Waals surface area contributed by atoms with E-state index in [1.54, 1.807) is 14.2 Å². The van der Waals surface area contributed by atoms with Crippen molar-refractivity contribution in [2.24, 2.45) is 0 Å². The van der Waals surface area contributed by atoms with E-state index in [1.165, 1.54) is 0 Å². The van der Waals surface area contributed by atoms with Crippen LogP contribution in [0.4, 0.5) is 5.69 Å². The standard InChI is InChI=1S/C17H19NO2/c1-13(14-7-5-4-6-8-14)12-18-15-9-16(19-2)11-17(10-15)20-3/h4-11,18H,1,12H2,2-3H3. The zero-order chi connectivity index (χ0) is 14.4.